The Labute approximate surface area is 160 Å². The summed E-state index contributed by atoms with van der Waals surface area (Å²) in [6, 6.07) is 12.4. The van der Waals surface area contributed by atoms with Crippen molar-refractivity contribution in [1.29, 1.82) is 0 Å². The number of carbonyl (C=O) groups excluding carboxylic acids is 1. The van der Waals surface area contributed by atoms with E-state index in [9.17, 15) is 4.79 Å². The van der Waals surface area contributed by atoms with Gasteiger partial charge in [-0.1, -0.05) is 36.8 Å². The molecule has 0 amide bonds. The zero-order valence-electron chi connectivity index (χ0n) is 16.2. The van der Waals surface area contributed by atoms with Crippen LogP contribution in [0, 0.1) is 6.92 Å². The van der Waals surface area contributed by atoms with E-state index in [1.807, 2.05) is 0 Å². The number of nitrogens with one attached hydrogen (secondary N) is 2. The van der Waals surface area contributed by atoms with Gasteiger partial charge in [-0.3, -0.25) is 4.99 Å². The fourth-order valence-electron chi connectivity index (χ4n) is 3.55. The Kier molecular flexibility index (Phi) is 5.84. The maximum atomic E-state index is 11.7. The van der Waals surface area contributed by atoms with Gasteiger partial charge in [0.05, 0.1) is 13.7 Å². The van der Waals surface area contributed by atoms with Crippen molar-refractivity contribution >= 4 is 11.9 Å². The zero-order chi connectivity index (χ0) is 19.3. The average molecular weight is 369 g/mol. The minimum Gasteiger partial charge on any atom is -0.465 e. The summed E-state index contributed by atoms with van der Waals surface area (Å²) >= 11 is 0. The fraction of sp³-hybridized carbons (Fsp3) is 0.429. The van der Waals surface area contributed by atoms with Gasteiger partial charge < -0.3 is 19.8 Å². The molecule has 0 saturated heterocycles. The first-order valence-electron chi connectivity index (χ1n) is 9.25. The van der Waals surface area contributed by atoms with Crippen molar-refractivity contribution in [2.75, 3.05) is 20.7 Å². The van der Waals surface area contributed by atoms with E-state index < -0.39 is 0 Å². The van der Waals surface area contributed by atoms with Crippen molar-refractivity contribution < 1.29 is 13.9 Å². The minimum atomic E-state index is -0.389. The number of aryl methyl sites for hydroxylation is 1. The molecule has 3 rings (SSSR count). The fourth-order valence-corrected chi connectivity index (χ4v) is 3.55. The Morgan fingerprint density at radius 2 is 2.00 bits per heavy atom. The molecule has 1 aliphatic carbocycles. The highest BCUT2D eigenvalue weighted by Crippen LogP contribution is 2.43. The molecule has 6 nitrogen and oxygen atoms in total. The van der Waals surface area contributed by atoms with Gasteiger partial charge in [-0.05, 0) is 31.4 Å². The van der Waals surface area contributed by atoms with Crippen LogP contribution in [0.15, 0.2) is 45.8 Å². The molecule has 0 atom stereocenters. The molecule has 2 aromatic rings. The molecular weight excluding hydrogens is 342 g/mol. The van der Waals surface area contributed by atoms with Crippen LogP contribution in [-0.4, -0.2) is 32.6 Å². The number of nitrogens with zero attached hydrogens (tertiary/aromatic N) is 1. The van der Waals surface area contributed by atoms with Gasteiger partial charge in [0.2, 0.25) is 0 Å². The molecule has 0 radical (unpaired) electrons. The predicted octanol–water partition coefficient (Wildman–Crippen LogP) is 3.16. The number of benzene rings is 1. The SMILES string of the molecule is CN=C(NCc1cc(C(=O)OC)c(C)o1)NCC1(c2ccccc2)CCC1. The molecule has 1 aliphatic rings. The lowest BCUT2D eigenvalue weighted by Gasteiger charge is -2.43. The molecule has 1 heterocycles. The third-order valence-electron chi connectivity index (χ3n) is 5.32. The van der Waals surface area contributed by atoms with Gasteiger partial charge in [0.25, 0.3) is 0 Å². The second-order valence-electron chi connectivity index (χ2n) is 6.95. The first-order chi connectivity index (χ1) is 13.1. The first-order valence-corrected chi connectivity index (χ1v) is 9.25. The summed E-state index contributed by atoms with van der Waals surface area (Å²) < 4.78 is 10.4. The number of hydrogen-bond acceptors (Lipinski definition) is 4. The Morgan fingerprint density at radius 1 is 1.26 bits per heavy atom. The van der Waals surface area contributed by atoms with Crippen LogP contribution in [0.3, 0.4) is 0 Å². The lowest BCUT2D eigenvalue weighted by atomic mass is 9.64. The number of carbonyl (C=O) groups is 1. The van der Waals surface area contributed by atoms with E-state index in [1.54, 1.807) is 20.0 Å². The number of methoxy groups -OCH3 is 1. The van der Waals surface area contributed by atoms with Crippen LogP contribution in [0.25, 0.3) is 0 Å². The summed E-state index contributed by atoms with van der Waals surface area (Å²) in [6.07, 6.45) is 3.62. The standard InChI is InChI=1S/C21H27N3O3/c1-15-18(19(25)26-3)12-17(27-15)13-23-20(22-2)24-14-21(10-7-11-21)16-8-5-4-6-9-16/h4-6,8-9,12H,7,10-11,13-14H2,1-3H3,(H2,22,23,24). The number of guanidine groups is 1. The van der Waals surface area contributed by atoms with Gasteiger partial charge >= 0.3 is 5.97 Å². The van der Waals surface area contributed by atoms with E-state index in [0.717, 1.165) is 6.54 Å². The summed E-state index contributed by atoms with van der Waals surface area (Å²) in [5.74, 6) is 1.54. The topological polar surface area (TPSA) is 75.9 Å². The molecule has 6 heteroatoms. The molecule has 1 fully saturated rings. The summed E-state index contributed by atoms with van der Waals surface area (Å²) in [4.78, 5) is 16.0. The van der Waals surface area contributed by atoms with E-state index >= 15 is 0 Å². The van der Waals surface area contributed by atoms with Crippen LogP contribution >= 0.6 is 0 Å². The van der Waals surface area contributed by atoms with Crippen molar-refractivity contribution in [2.24, 2.45) is 4.99 Å². The highest BCUT2D eigenvalue weighted by Gasteiger charge is 2.38. The van der Waals surface area contributed by atoms with Gasteiger partial charge in [-0.2, -0.15) is 0 Å². The van der Waals surface area contributed by atoms with E-state index in [-0.39, 0.29) is 11.4 Å². The van der Waals surface area contributed by atoms with Crippen LogP contribution in [0.1, 0.15) is 46.7 Å². The monoisotopic (exact) mass is 369 g/mol. The lowest BCUT2D eigenvalue weighted by Crippen LogP contribution is -2.48. The zero-order valence-corrected chi connectivity index (χ0v) is 16.2. The number of hydrogen-bond donors (Lipinski definition) is 2. The Bertz CT molecular complexity index is 807. The maximum Gasteiger partial charge on any atom is 0.341 e. The average Bonchev–Trinajstić information content (AvgIpc) is 3.04. The molecular formula is C21H27N3O3. The Hall–Kier alpha value is -2.76. The number of rotatable bonds is 6. The summed E-state index contributed by atoms with van der Waals surface area (Å²) in [5.41, 5.74) is 2.01. The van der Waals surface area contributed by atoms with Crippen LogP contribution in [0.4, 0.5) is 0 Å². The second kappa shape index (κ2) is 8.29. The molecule has 1 saturated carbocycles. The van der Waals surface area contributed by atoms with E-state index in [4.69, 9.17) is 9.15 Å². The molecule has 1 aromatic carbocycles. The largest absolute Gasteiger partial charge is 0.465 e. The number of ether oxygens (including phenoxy) is 1. The van der Waals surface area contributed by atoms with E-state index in [2.05, 4.69) is 46.0 Å². The van der Waals surface area contributed by atoms with Crippen LogP contribution in [-0.2, 0) is 16.7 Å². The van der Waals surface area contributed by atoms with Gasteiger partial charge in [-0.15, -0.1) is 0 Å². The second-order valence-corrected chi connectivity index (χ2v) is 6.95. The summed E-state index contributed by atoms with van der Waals surface area (Å²) in [7, 11) is 3.11. The molecule has 0 bridgehead atoms. The van der Waals surface area contributed by atoms with Crippen LogP contribution in [0.5, 0.6) is 0 Å². The van der Waals surface area contributed by atoms with Gasteiger partial charge in [0.1, 0.15) is 17.1 Å². The quantitative estimate of drug-likeness (QED) is 0.465. The predicted molar refractivity (Wildman–Crippen MR) is 105 cm³/mol. The molecule has 0 spiro atoms. The molecule has 144 valence electrons. The highest BCUT2D eigenvalue weighted by atomic mass is 16.5. The molecule has 27 heavy (non-hydrogen) atoms. The Morgan fingerprint density at radius 3 is 2.59 bits per heavy atom. The number of aliphatic imine (C=N–C) groups is 1. The minimum absolute atomic E-state index is 0.179. The normalized spacial score (nSPS) is 15.7. The van der Waals surface area contributed by atoms with Crippen molar-refractivity contribution in [3.63, 3.8) is 0 Å². The number of furan rings is 1. The Balaban J connectivity index is 1.58. The van der Waals surface area contributed by atoms with Crippen molar-refractivity contribution in [3.05, 3.63) is 59.0 Å². The third-order valence-corrected chi connectivity index (χ3v) is 5.32. The van der Waals surface area contributed by atoms with E-state index in [1.165, 1.54) is 31.9 Å². The van der Waals surface area contributed by atoms with Crippen molar-refractivity contribution in [2.45, 2.75) is 38.1 Å². The number of esters is 1. The van der Waals surface area contributed by atoms with Crippen LogP contribution < -0.4 is 10.6 Å². The van der Waals surface area contributed by atoms with Gasteiger partial charge in [-0.25, -0.2) is 4.79 Å². The molecule has 0 aliphatic heterocycles. The molecule has 0 unspecified atom stereocenters. The maximum absolute atomic E-state index is 11.7. The van der Waals surface area contributed by atoms with Crippen molar-refractivity contribution in [3.8, 4) is 0 Å². The van der Waals surface area contributed by atoms with Crippen molar-refractivity contribution in [1.82, 2.24) is 10.6 Å². The summed E-state index contributed by atoms with van der Waals surface area (Å²) in [5, 5.41) is 6.69. The van der Waals surface area contributed by atoms with Gasteiger partial charge in [0.15, 0.2) is 5.96 Å². The van der Waals surface area contributed by atoms with Gasteiger partial charge in [0, 0.05) is 19.0 Å². The smallest absolute Gasteiger partial charge is 0.341 e. The van der Waals surface area contributed by atoms with Crippen LogP contribution in [0.2, 0.25) is 0 Å². The van der Waals surface area contributed by atoms with E-state index in [0.29, 0.717) is 29.6 Å². The third kappa shape index (κ3) is 4.15. The highest BCUT2D eigenvalue weighted by molar-refractivity contribution is 5.90. The lowest BCUT2D eigenvalue weighted by molar-refractivity contribution is 0.0599. The summed E-state index contributed by atoms with van der Waals surface area (Å²) in [6.45, 7) is 3.03. The molecule has 1 aromatic heterocycles. The first kappa shape index (κ1) is 19.0. The molecule has 2 N–H and O–H groups in total.